The molecule has 2 atom stereocenters. The van der Waals surface area contributed by atoms with Crippen LogP contribution >= 0.6 is 23.1 Å². The summed E-state index contributed by atoms with van der Waals surface area (Å²) in [6, 6.07) is 30.3. The Morgan fingerprint density at radius 2 is 1.25 bits per heavy atom. The number of anilines is 3. The Balaban J connectivity index is 0.520. The predicted octanol–water partition coefficient (Wildman–Crippen LogP) is 12.4. The molecule has 0 aliphatic carbocycles. The summed E-state index contributed by atoms with van der Waals surface area (Å²) in [4.78, 5) is 31.3. The van der Waals surface area contributed by atoms with E-state index in [4.69, 9.17) is 9.47 Å². The van der Waals surface area contributed by atoms with Crippen LogP contribution in [0.3, 0.4) is 0 Å². The molecule has 7 heterocycles. The number of allylic oxidation sites excluding steroid dienone is 4. The maximum Gasteiger partial charge on any atom is 0.270 e. The molecule has 1 aromatic heterocycles. The van der Waals surface area contributed by atoms with Crippen LogP contribution in [-0.4, -0.2) is 62.5 Å². The number of aryl methyl sites for hydroxylation is 1. The lowest BCUT2D eigenvalue weighted by atomic mass is 9.87. The second kappa shape index (κ2) is 22.8. The van der Waals surface area contributed by atoms with E-state index in [1.807, 2.05) is 23.1 Å². The highest BCUT2D eigenvalue weighted by Gasteiger charge is 2.42. The molecule has 0 saturated carbocycles. The molecule has 12 heteroatoms. The number of carbonyl (C=O) groups is 2. The van der Waals surface area contributed by atoms with Crippen molar-refractivity contribution in [3.8, 4) is 11.5 Å². The first kappa shape index (κ1) is 48.3. The van der Waals surface area contributed by atoms with Gasteiger partial charge < -0.3 is 35.2 Å². The van der Waals surface area contributed by atoms with E-state index in [1.54, 1.807) is 0 Å². The van der Waals surface area contributed by atoms with E-state index in [1.165, 1.54) is 70.6 Å². The van der Waals surface area contributed by atoms with E-state index in [9.17, 15) is 9.59 Å². The van der Waals surface area contributed by atoms with Gasteiger partial charge in [-0.15, -0.1) is 11.8 Å². The number of nitrogens with one attached hydrogen (secondary N) is 3. The largest absolute Gasteiger partial charge is 0.485 e. The zero-order valence-corrected chi connectivity index (χ0v) is 43.2. The zero-order chi connectivity index (χ0) is 48.6. The van der Waals surface area contributed by atoms with Gasteiger partial charge in [-0.25, -0.2) is 0 Å². The van der Waals surface area contributed by atoms with Crippen molar-refractivity contribution in [3.63, 3.8) is 0 Å². The maximum atomic E-state index is 12.6. The monoisotopic (exact) mass is 1000 g/mol. The van der Waals surface area contributed by atoms with Crippen molar-refractivity contribution in [2.75, 3.05) is 53.6 Å². The smallest absolute Gasteiger partial charge is 0.270 e. The Labute approximate surface area is 433 Å². The zero-order valence-electron chi connectivity index (χ0n) is 41.6. The minimum atomic E-state index is 0.0683. The third kappa shape index (κ3) is 10.6. The van der Waals surface area contributed by atoms with Crippen LogP contribution in [0.1, 0.15) is 119 Å². The minimum absolute atomic E-state index is 0.0683. The highest BCUT2D eigenvalue weighted by Crippen LogP contribution is 2.51. The van der Waals surface area contributed by atoms with E-state index in [0.29, 0.717) is 12.8 Å². The fourth-order valence-corrected chi connectivity index (χ4v) is 13.9. The van der Waals surface area contributed by atoms with E-state index in [2.05, 4.69) is 140 Å². The highest BCUT2D eigenvalue weighted by molar-refractivity contribution is 7.99. The lowest BCUT2D eigenvalue weighted by Crippen LogP contribution is -2.45. The molecule has 72 heavy (non-hydrogen) atoms. The van der Waals surface area contributed by atoms with Crippen molar-refractivity contribution in [2.24, 2.45) is 0 Å². The van der Waals surface area contributed by atoms with Gasteiger partial charge in [-0.1, -0.05) is 86.3 Å². The Morgan fingerprint density at radius 3 is 1.97 bits per heavy atom. The second-order valence-corrected chi connectivity index (χ2v) is 22.1. The number of nitrogens with zero attached hydrogens (tertiary/aromatic N) is 3. The van der Waals surface area contributed by atoms with Gasteiger partial charge in [0.15, 0.2) is 6.54 Å². The normalized spacial score (nSPS) is 18.0. The van der Waals surface area contributed by atoms with Crippen molar-refractivity contribution in [2.45, 2.75) is 126 Å². The van der Waals surface area contributed by atoms with Crippen LogP contribution in [0.15, 0.2) is 120 Å². The number of benzene rings is 4. The average Bonchev–Trinajstić information content (AvgIpc) is 3.82. The van der Waals surface area contributed by atoms with Crippen molar-refractivity contribution >= 4 is 78.9 Å². The standard InChI is InChI=1S/C60H68N6O4S2/c67-55(27-7-5-15-36-64-38-30-42-44-41-71-53-25-11-9-19-45(53)61-35-29-49(44)69-50-23-17-21-47(64)57(42)50)62-33-13-3-1-2-4-14-34-63-56(68)28-8-6-16-37-65-39-31-43-58-48(65)22-18-24-51(58)70-52-32-40-66-46-20-10-12-26-54(46)72-60(66)59(43)52/h9-12,17-26,30-31,38-39,49,52,61H,1-8,13-16,27-29,32-37,40-41H2,(H-,62,63,67,68)/p+1. The maximum absolute atomic E-state index is 12.6. The third-order valence-corrected chi connectivity index (χ3v) is 17.5. The number of hydrogen-bond acceptors (Lipinski definition) is 9. The topological polar surface area (TPSA) is 99.1 Å². The highest BCUT2D eigenvalue weighted by atomic mass is 32.2. The molecule has 0 radical (unpaired) electrons. The van der Waals surface area contributed by atoms with Crippen LogP contribution in [-0.2, 0) is 16.1 Å². The molecular weight excluding hydrogens is 933 g/mol. The molecule has 4 aromatic carbocycles. The summed E-state index contributed by atoms with van der Waals surface area (Å²) in [6.07, 6.45) is 24.8. The number of unbranched alkanes of at least 4 members (excludes halogenated alkanes) is 9. The van der Waals surface area contributed by atoms with Crippen molar-refractivity contribution in [3.05, 3.63) is 131 Å². The predicted molar refractivity (Wildman–Crippen MR) is 296 cm³/mol. The number of para-hydroxylation sites is 2. The molecule has 6 aliphatic heterocycles. The number of amides is 2. The van der Waals surface area contributed by atoms with Gasteiger partial charge >= 0.3 is 0 Å². The molecule has 0 bridgehead atoms. The second-order valence-electron chi connectivity index (χ2n) is 20.1. The number of rotatable bonds is 21. The fraction of sp³-hybridized carbons (Fsp3) is 0.417. The Kier molecular flexibility index (Phi) is 15.3. The first-order valence-electron chi connectivity index (χ1n) is 27.0. The van der Waals surface area contributed by atoms with Crippen molar-refractivity contribution < 1.29 is 23.6 Å². The summed E-state index contributed by atoms with van der Waals surface area (Å²) in [6.45, 7) is 5.18. The molecule has 5 aromatic rings. The number of hydrogen-bond donors (Lipinski definition) is 3. The number of thioether (sulfide) groups is 1. The first-order chi connectivity index (χ1) is 35.6. The number of ether oxygens (including phenoxy) is 2. The lowest BCUT2D eigenvalue weighted by molar-refractivity contribution is -0.673. The van der Waals surface area contributed by atoms with Crippen LogP contribution in [0.2, 0.25) is 0 Å². The lowest BCUT2D eigenvalue weighted by Gasteiger charge is -2.36. The van der Waals surface area contributed by atoms with Crippen LogP contribution in [0, 0.1) is 0 Å². The first-order valence-corrected chi connectivity index (χ1v) is 28.8. The van der Waals surface area contributed by atoms with E-state index in [-0.39, 0.29) is 24.0 Å². The van der Waals surface area contributed by atoms with Gasteiger partial charge in [-0.3, -0.25) is 9.59 Å². The van der Waals surface area contributed by atoms with Crippen molar-refractivity contribution in [1.29, 1.82) is 0 Å². The molecule has 11 rings (SSSR count). The molecule has 374 valence electrons. The number of thiazole rings is 1. The van der Waals surface area contributed by atoms with Crippen LogP contribution in [0.4, 0.5) is 17.1 Å². The van der Waals surface area contributed by atoms with Gasteiger partial charge in [0.25, 0.3) is 5.01 Å². The fourth-order valence-electron chi connectivity index (χ4n) is 11.5. The van der Waals surface area contributed by atoms with E-state index < -0.39 is 0 Å². The summed E-state index contributed by atoms with van der Waals surface area (Å²) in [7, 11) is 0. The molecule has 2 unspecified atom stereocenters. The minimum Gasteiger partial charge on any atom is -0.485 e. The number of carbonyl (C=O) groups excluding carboxylic acids is 2. The summed E-state index contributed by atoms with van der Waals surface area (Å²) < 4.78 is 17.2. The molecule has 0 spiro atoms. The Hall–Kier alpha value is -5.98. The molecule has 0 fully saturated rings. The Morgan fingerprint density at radius 1 is 0.639 bits per heavy atom. The van der Waals surface area contributed by atoms with E-state index in [0.717, 1.165) is 146 Å². The number of fused-ring (bicyclic) bond motifs is 7. The van der Waals surface area contributed by atoms with Crippen LogP contribution < -0.4 is 39.8 Å². The molecule has 3 N–H and O–H groups in total. The Bertz CT molecular complexity index is 2920. The van der Waals surface area contributed by atoms with Gasteiger partial charge in [0, 0.05) is 110 Å². The van der Waals surface area contributed by atoms with Gasteiger partial charge in [-0.2, -0.15) is 4.57 Å². The molecule has 10 nitrogen and oxygen atoms in total. The average molecular weight is 1000 g/mol. The molecule has 0 saturated heterocycles. The van der Waals surface area contributed by atoms with Gasteiger partial charge in [0.1, 0.15) is 28.4 Å². The van der Waals surface area contributed by atoms with Crippen LogP contribution in [0.5, 0.6) is 11.5 Å². The van der Waals surface area contributed by atoms with Gasteiger partial charge in [-0.05, 0) is 104 Å². The van der Waals surface area contributed by atoms with Gasteiger partial charge in [0.05, 0.1) is 16.9 Å². The van der Waals surface area contributed by atoms with Crippen molar-refractivity contribution in [1.82, 2.24) is 10.6 Å². The molecule has 2 amide bonds. The summed E-state index contributed by atoms with van der Waals surface area (Å²) in [5, 5.41) is 11.2. The molecular formula is C60H69N6O4S2+. The third-order valence-electron chi connectivity index (χ3n) is 15.2. The quantitative estimate of drug-likeness (QED) is 0.0494. The van der Waals surface area contributed by atoms with Gasteiger partial charge in [0.2, 0.25) is 17.3 Å². The van der Waals surface area contributed by atoms with Crippen LogP contribution in [0.25, 0.3) is 26.9 Å². The molecule has 6 aliphatic rings. The number of aromatic nitrogens is 1. The SMILES string of the molecule is O=C(CCCCCN1C=CC2=C3CSc4ccccc4NCCC3Oc3cccc1c32)NCCCCCCCCNC(=O)CCCCCN1C=CC2=C3c4sc5ccccc5[n+]4CCC3Oc3cccc1c32. The summed E-state index contributed by atoms with van der Waals surface area (Å²) in [5.74, 6) is 3.22. The summed E-state index contributed by atoms with van der Waals surface area (Å²) in [5.41, 5.74) is 12.7. The summed E-state index contributed by atoms with van der Waals surface area (Å²) >= 11 is 3.77. The van der Waals surface area contributed by atoms with E-state index >= 15 is 0 Å².